The van der Waals surface area contributed by atoms with E-state index < -0.39 is 5.41 Å². The molecule has 3 amide bonds. The minimum atomic E-state index is -1.13. The summed E-state index contributed by atoms with van der Waals surface area (Å²) in [6, 6.07) is 11.6. The molecule has 0 spiro atoms. The summed E-state index contributed by atoms with van der Waals surface area (Å²) in [4.78, 5) is 47.6. The normalized spacial score (nSPS) is 27.4. The number of likely N-dealkylation sites (tertiary alicyclic amines) is 2. The molecule has 2 aromatic rings. The van der Waals surface area contributed by atoms with Crippen molar-refractivity contribution < 1.29 is 14.4 Å². The zero-order valence-electron chi connectivity index (χ0n) is 17.8. The Bertz CT molecular complexity index is 1040. The highest BCUT2D eigenvalue weighted by Gasteiger charge is 2.55. The first-order chi connectivity index (χ1) is 15.0. The summed E-state index contributed by atoms with van der Waals surface area (Å²) in [6.07, 6.45) is 6.71. The standard InChI is InChI=1S/C25H27N3O3/c1-17-4-2-3-5-21(17)25(13-22(29)27-16-19-6-7-20(27)12-19)14-23(30)28(24(25)31)15-18-8-10-26-11-9-18/h2-5,8-11,19-20H,6-7,12-16H2,1H3/t19-,20+,25+/m0/s1. The molecule has 1 aromatic heterocycles. The number of carbonyl (C=O) groups is 3. The third-order valence-corrected chi connectivity index (χ3v) is 7.34. The Kier molecular flexibility index (Phi) is 4.88. The van der Waals surface area contributed by atoms with E-state index in [1.54, 1.807) is 24.5 Å². The summed E-state index contributed by atoms with van der Waals surface area (Å²) < 4.78 is 0. The van der Waals surface area contributed by atoms with E-state index in [1.165, 1.54) is 11.3 Å². The first kappa shape index (κ1) is 19.9. The van der Waals surface area contributed by atoms with Gasteiger partial charge in [0.15, 0.2) is 0 Å². The predicted octanol–water partition coefficient (Wildman–Crippen LogP) is 2.99. The minimum absolute atomic E-state index is 0.00219. The van der Waals surface area contributed by atoms with Crippen LogP contribution < -0.4 is 0 Å². The van der Waals surface area contributed by atoms with Crippen LogP contribution in [0.3, 0.4) is 0 Å². The molecule has 31 heavy (non-hydrogen) atoms. The molecule has 3 fully saturated rings. The lowest BCUT2D eigenvalue weighted by Gasteiger charge is -2.33. The van der Waals surface area contributed by atoms with Crippen molar-refractivity contribution >= 4 is 17.7 Å². The van der Waals surface area contributed by atoms with Crippen LogP contribution in [0.5, 0.6) is 0 Å². The molecule has 0 N–H and O–H groups in total. The number of aryl methyl sites for hydroxylation is 1. The van der Waals surface area contributed by atoms with Gasteiger partial charge in [0.1, 0.15) is 0 Å². The molecule has 0 unspecified atom stereocenters. The number of amides is 3. The maximum atomic E-state index is 13.8. The first-order valence-electron chi connectivity index (χ1n) is 11.1. The van der Waals surface area contributed by atoms with Crippen molar-refractivity contribution in [1.29, 1.82) is 0 Å². The lowest BCUT2D eigenvalue weighted by atomic mass is 9.73. The Labute approximate surface area is 182 Å². The van der Waals surface area contributed by atoms with Gasteiger partial charge in [-0.25, -0.2) is 0 Å². The van der Waals surface area contributed by atoms with Crippen LogP contribution in [-0.4, -0.2) is 45.1 Å². The fourth-order valence-electron chi connectivity index (χ4n) is 5.78. The number of hydrogen-bond acceptors (Lipinski definition) is 4. The van der Waals surface area contributed by atoms with E-state index in [0.717, 1.165) is 36.1 Å². The van der Waals surface area contributed by atoms with Crippen LogP contribution in [0, 0.1) is 12.8 Å². The van der Waals surface area contributed by atoms with Gasteiger partial charge in [-0.2, -0.15) is 0 Å². The SMILES string of the molecule is Cc1ccccc1[C@@]1(CC(=O)N2C[C@H]3CC[C@@H]2C3)CC(=O)N(Cc2ccncc2)C1=O. The summed E-state index contributed by atoms with van der Waals surface area (Å²) in [5, 5.41) is 0. The monoisotopic (exact) mass is 417 g/mol. The van der Waals surface area contributed by atoms with Crippen molar-refractivity contribution in [2.75, 3.05) is 6.54 Å². The Morgan fingerprint density at radius 1 is 1.13 bits per heavy atom. The van der Waals surface area contributed by atoms with E-state index in [2.05, 4.69) is 4.98 Å². The second-order valence-electron chi connectivity index (χ2n) is 9.27. The van der Waals surface area contributed by atoms with Gasteiger partial charge in [0.05, 0.1) is 12.0 Å². The summed E-state index contributed by atoms with van der Waals surface area (Å²) >= 11 is 0. The van der Waals surface area contributed by atoms with E-state index in [-0.39, 0.29) is 37.1 Å². The summed E-state index contributed by atoms with van der Waals surface area (Å²) in [7, 11) is 0. The minimum Gasteiger partial charge on any atom is -0.339 e. The molecule has 6 nitrogen and oxygen atoms in total. The van der Waals surface area contributed by atoms with Gasteiger partial charge in [0.2, 0.25) is 17.7 Å². The largest absolute Gasteiger partial charge is 0.339 e. The number of imide groups is 1. The summed E-state index contributed by atoms with van der Waals surface area (Å²) in [6.45, 7) is 2.94. The van der Waals surface area contributed by atoms with Crippen molar-refractivity contribution in [3.8, 4) is 0 Å². The molecule has 160 valence electrons. The molecule has 3 atom stereocenters. The van der Waals surface area contributed by atoms with E-state index >= 15 is 0 Å². The molecule has 1 saturated carbocycles. The molecule has 2 saturated heterocycles. The van der Waals surface area contributed by atoms with E-state index in [4.69, 9.17) is 0 Å². The predicted molar refractivity (Wildman–Crippen MR) is 115 cm³/mol. The number of nitrogens with zero attached hydrogens (tertiary/aromatic N) is 3. The number of hydrogen-bond donors (Lipinski definition) is 0. The van der Waals surface area contributed by atoms with E-state index in [9.17, 15) is 14.4 Å². The molecule has 3 aliphatic rings. The van der Waals surface area contributed by atoms with Crippen LogP contribution in [0.1, 0.15) is 48.8 Å². The van der Waals surface area contributed by atoms with Crippen molar-refractivity contribution in [3.05, 3.63) is 65.5 Å². The summed E-state index contributed by atoms with van der Waals surface area (Å²) in [5.74, 6) is 0.108. The van der Waals surface area contributed by atoms with Gasteiger partial charge in [-0.3, -0.25) is 24.3 Å². The van der Waals surface area contributed by atoms with E-state index in [1.807, 2.05) is 36.1 Å². The van der Waals surface area contributed by atoms with Crippen LogP contribution in [0.15, 0.2) is 48.8 Å². The molecule has 2 aliphatic heterocycles. The third kappa shape index (κ3) is 3.34. The molecule has 1 aliphatic carbocycles. The van der Waals surface area contributed by atoms with Gasteiger partial charge < -0.3 is 4.90 Å². The average Bonchev–Trinajstić information content (AvgIpc) is 3.46. The zero-order valence-corrected chi connectivity index (χ0v) is 17.8. The Morgan fingerprint density at radius 3 is 2.58 bits per heavy atom. The lowest BCUT2D eigenvalue weighted by Crippen LogP contribution is -2.45. The Morgan fingerprint density at radius 2 is 1.90 bits per heavy atom. The van der Waals surface area contributed by atoms with Gasteiger partial charge >= 0.3 is 0 Å². The Balaban J connectivity index is 1.49. The maximum absolute atomic E-state index is 13.8. The van der Waals surface area contributed by atoms with Crippen LogP contribution in [-0.2, 0) is 26.3 Å². The van der Waals surface area contributed by atoms with Crippen molar-refractivity contribution in [2.24, 2.45) is 5.92 Å². The van der Waals surface area contributed by atoms with Gasteiger partial charge in [-0.1, -0.05) is 24.3 Å². The molecular weight excluding hydrogens is 390 g/mol. The number of pyridine rings is 1. The van der Waals surface area contributed by atoms with Crippen molar-refractivity contribution in [2.45, 2.75) is 57.0 Å². The van der Waals surface area contributed by atoms with Crippen molar-refractivity contribution in [3.63, 3.8) is 0 Å². The van der Waals surface area contributed by atoms with Crippen LogP contribution in [0.2, 0.25) is 0 Å². The highest BCUT2D eigenvalue weighted by Crippen LogP contribution is 2.44. The molecule has 6 heteroatoms. The number of rotatable bonds is 5. The molecular formula is C25H27N3O3. The smallest absolute Gasteiger partial charge is 0.241 e. The highest BCUT2D eigenvalue weighted by atomic mass is 16.2. The van der Waals surface area contributed by atoms with Crippen molar-refractivity contribution in [1.82, 2.24) is 14.8 Å². The highest BCUT2D eigenvalue weighted by molar-refractivity contribution is 6.10. The topological polar surface area (TPSA) is 70.6 Å². The lowest BCUT2D eigenvalue weighted by molar-refractivity contribution is -0.143. The zero-order chi connectivity index (χ0) is 21.6. The van der Waals surface area contributed by atoms with Gasteiger partial charge in [0.25, 0.3) is 0 Å². The average molecular weight is 418 g/mol. The van der Waals surface area contributed by atoms with Crippen LogP contribution >= 0.6 is 0 Å². The molecule has 5 rings (SSSR count). The maximum Gasteiger partial charge on any atom is 0.241 e. The quantitative estimate of drug-likeness (QED) is 0.702. The van der Waals surface area contributed by atoms with Gasteiger partial charge in [-0.05, 0) is 60.9 Å². The van der Waals surface area contributed by atoms with Gasteiger partial charge in [0, 0.05) is 37.8 Å². The summed E-state index contributed by atoms with van der Waals surface area (Å²) in [5.41, 5.74) is 1.45. The number of fused-ring (bicyclic) bond motifs is 2. The number of carbonyl (C=O) groups excluding carboxylic acids is 3. The van der Waals surface area contributed by atoms with Crippen LogP contribution in [0.25, 0.3) is 0 Å². The van der Waals surface area contributed by atoms with Gasteiger partial charge in [-0.15, -0.1) is 0 Å². The second kappa shape index (κ2) is 7.59. The Hall–Kier alpha value is -3.02. The molecule has 0 radical (unpaired) electrons. The number of aromatic nitrogens is 1. The number of piperidine rings is 1. The van der Waals surface area contributed by atoms with Crippen LogP contribution in [0.4, 0.5) is 0 Å². The van der Waals surface area contributed by atoms with E-state index in [0.29, 0.717) is 12.0 Å². The molecule has 1 aromatic carbocycles. The fourth-order valence-corrected chi connectivity index (χ4v) is 5.78. The number of benzene rings is 1. The second-order valence-corrected chi connectivity index (χ2v) is 9.27. The first-order valence-corrected chi connectivity index (χ1v) is 11.1. The fraction of sp³-hybridized carbons (Fsp3) is 0.440. The molecule has 2 bridgehead atoms. The molecule has 3 heterocycles. The third-order valence-electron chi connectivity index (χ3n) is 7.34.